The average molecular weight is 275 g/mol. The van der Waals surface area contributed by atoms with E-state index in [1.807, 2.05) is 36.4 Å². The fraction of sp³-hybridized carbons (Fsp3) is 0. The van der Waals surface area contributed by atoms with Gasteiger partial charge in [0, 0.05) is 11.3 Å². The first-order valence-corrected chi connectivity index (χ1v) is 6.61. The second-order valence-corrected chi connectivity index (χ2v) is 4.98. The van der Waals surface area contributed by atoms with Crippen LogP contribution in [0.1, 0.15) is 0 Å². The van der Waals surface area contributed by atoms with E-state index in [1.54, 1.807) is 6.07 Å². The Labute approximate surface area is 120 Å². The zero-order valence-electron chi connectivity index (χ0n) is 11.2. The molecule has 0 saturated carbocycles. The van der Waals surface area contributed by atoms with Crippen LogP contribution in [0.25, 0.3) is 33.3 Å². The number of nitrogens with two attached hydrogens (primary N) is 2. The summed E-state index contributed by atoms with van der Waals surface area (Å²) in [4.78, 5) is 11.9. The standard InChI is InChI=1S/C16H13N5/c17-12-8-10-4-2-1-3-9(10)7-11(12)15-19-13-5-6-14(18)20-16(13)21-15/h1-8H,17H2,(H3,18,19,20,21). The fourth-order valence-corrected chi connectivity index (χ4v) is 2.50. The molecule has 0 bridgehead atoms. The van der Waals surface area contributed by atoms with Crippen LogP contribution in [0.15, 0.2) is 48.5 Å². The molecule has 0 unspecified atom stereocenters. The molecule has 102 valence electrons. The van der Waals surface area contributed by atoms with Crippen molar-refractivity contribution in [3.05, 3.63) is 48.5 Å². The van der Waals surface area contributed by atoms with Gasteiger partial charge in [0.25, 0.3) is 0 Å². The molecule has 5 heteroatoms. The molecule has 2 aromatic heterocycles. The Kier molecular flexibility index (Phi) is 2.35. The minimum absolute atomic E-state index is 0.451. The fourth-order valence-electron chi connectivity index (χ4n) is 2.50. The number of hydrogen-bond donors (Lipinski definition) is 3. The minimum atomic E-state index is 0.451. The summed E-state index contributed by atoms with van der Waals surface area (Å²) in [5, 5.41) is 2.23. The maximum atomic E-state index is 6.17. The third kappa shape index (κ3) is 1.87. The predicted molar refractivity (Wildman–Crippen MR) is 85.7 cm³/mol. The van der Waals surface area contributed by atoms with Crippen molar-refractivity contribution in [2.24, 2.45) is 0 Å². The molecule has 0 aliphatic carbocycles. The highest BCUT2D eigenvalue weighted by atomic mass is 15.0. The Hall–Kier alpha value is -3.08. The number of rotatable bonds is 1. The summed E-state index contributed by atoms with van der Waals surface area (Å²) in [5.41, 5.74) is 14.8. The largest absolute Gasteiger partial charge is 0.398 e. The maximum Gasteiger partial charge on any atom is 0.180 e. The second-order valence-electron chi connectivity index (χ2n) is 4.98. The van der Waals surface area contributed by atoms with Crippen LogP contribution in [-0.2, 0) is 0 Å². The van der Waals surface area contributed by atoms with Crippen LogP contribution >= 0.6 is 0 Å². The van der Waals surface area contributed by atoms with Gasteiger partial charge < -0.3 is 16.5 Å². The van der Waals surface area contributed by atoms with Crippen LogP contribution in [0.5, 0.6) is 0 Å². The molecule has 0 amide bonds. The number of aromatic nitrogens is 3. The first-order chi connectivity index (χ1) is 10.2. The van der Waals surface area contributed by atoms with Gasteiger partial charge in [-0.25, -0.2) is 9.97 Å². The first-order valence-electron chi connectivity index (χ1n) is 6.61. The lowest BCUT2D eigenvalue weighted by Crippen LogP contribution is -1.92. The highest BCUT2D eigenvalue weighted by Crippen LogP contribution is 2.30. The summed E-state index contributed by atoms with van der Waals surface area (Å²) < 4.78 is 0. The van der Waals surface area contributed by atoms with E-state index in [0.717, 1.165) is 21.9 Å². The smallest absolute Gasteiger partial charge is 0.180 e. The molecule has 0 spiro atoms. The summed E-state index contributed by atoms with van der Waals surface area (Å²) in [6, 6.07) is 15.7. The highest BCUT2D eigenvalue weighted by molar-refractivity contribution is 5.93. The van der Waals surface area contributed by atoms with E-state index in [2.05, 4.69) is 21.0 Å². The first kappa shape index (κ1) is 11.7. The zero-order valence-corrected chi connectivity index (χ0v) is 11.2. The summed E-state index contributed by atoms with van der Waals surface area (Å²) in [5.74, 6) is 1.15. The van der Waals surface area contributed by atoms with E-state index in [4.69, 9.17) is 11.5 Å². The molecule has 0 aliphatic rings. The van der Waals surface area contributed by atoms with Crippen molar-refractivity contribution in [1.82, 2.24) is 15.0 Å². The van der Waals surface area contributed by atoms with Gasteiger partial charge in [-0.1, -0.05) is 24.3 Å². The number of nitrogens with one attached hydrogen (secondary N) is 1. The number of nitrogen functional groups attached to an aromatic ring is 2. The zero-order chi connectivity index (χ0) is 14.4. The van der Waals surface area contributed by atoms with E-state index in [0.29, 0.717) is 23.0 Å². The Morgan fingerprint density at radius 2 is 1.62 bits per heavy atom. The predicted octanol–water partition coefficient (Wildman–Crippen LogP) is 2.94. The van der Waals surface area contributed by atoms with Crippen molar-refractivity contribution in [3.8, 4) is 11.4 Å². The second kappa shape index (κ2) is 4.21. The molecule has 0 radical (unpaired) electrons. The van der Waals surface area contributed by atoms with Crippen LogP contribution in [0.4, 0.5) is 11.5 Å². The van der Waals surface area contributed by atoms with Crippen molar-refractivity contribution in [2.45, 2.75) is 0 Å². The molecule has 5 N–H and O–H groups in total. The SMILES string of the molecule is Nc1ccc2[nH]c(-c3cc4ccccc4cc3N)nc2n1. The highest BCUT2D eigenvalue weighted by Gasteiger charge is 2.10. The van der Waals surface area contributed by atoms with Crippen molar-refractivity contribution in [1.29, 1.82) is 0 Å². The molecule has 2 heterocycles. The molecule has 4 aromatic rings. The number of benzene rings is 2. The number of hydrogen-bond acceptors (Lipinski definition) is 4. The summed E-state index contributed by atoms with van der Waals surface area (Å²) in [6.45, 7) is 0. The number of imidazole rings is 1. The van der Waals surface area contributed by atoms with Gasteiger partial charge in [0.15, 0.2) is 5.65 Å². The molecule has 0 saturated heterocycles. The van der Waals surface area contributed by atoms with Gasteiger partial charge in [-0.3, -0.25) is 0 Å². The number of H-pyrrole nitrogens is 1. The molecular formula is C16H13N5. The van der Waals surface area contributed by atoms with Crippen molar-refractivity contribution < 1.29 is 0 Å². The van der Waals surface area contributed by atoms with Gasteiger partial charge in [0.1, 0.15) is 11.6 Å². The number of nitrogens with zero attached hydrogens (tertiary/aromatic N) is 2. The number of aromatic amines is 1. The Bertz CT molecular complexity index is 971. The van der Waals surface area contributed by atoms with E-state index in [1.165, 1.54) is 0 Å². The quantitative estimate of drug-likeness (QED) is 0.465. The third-order valence-electron chi connectivity index (χ3n) is 3.54. The number of anilines is 2. The molecule has 21 heavy (non-hydrogen) atoms. The summed E-state index contributed by atoms with van der Waals surface area (Å²) in [6.07, 6.45) is 0. The molecule has 5 nitrogen and oxygen atoms in total. The molecular weight excluding hydrogens is 262 g/mol. The van der Waals surface area contributed by atoms with Crippen molar-refractivity contribution in [3.63, 3.8) is 0 Å². The van der Waals surface area contributed by atoms with Gasteiger partial charge in [-0.05, 0) is 35.0 Å². The van der Waals surface area contributed by atoms with Crippen LogP contribution in [0.3, 0.4) is 0 Å². The molecule has 2 aromatic carbocycles. The lowest BCUT2D eigenvalue weighted by atomic mass is 10.0. The van der Waals surface area contributed by atoms with Crippen LogP contribution in [0.2, 0.25) is 0 Å². The lowest BCUT2D eigenvalue weighted by molar-refractivity contribution is 1.31. The van der Waals surface area contributed by atoms with E-state index < -0.39 is 0 Å². The monoisotopic (exact) mass is 275 g/mol. The Balaban J connectivity index is 1.96. The Morgan fingerprint density at radius 3 is 2.43 bits per heavy atom. The molecule has 0 fully saturated rings. The molecule has 0 aliphatic heterocycles. The van der Waals surface area contributed by atoms with E-state index in [-0.39, 0.29) is 0 Å². The molecule has 4 rings (SSSR count). The van der Waals surface area contributed by atoms with Gasteiger partial charge in [0.05, 0.1) is 5.52 Å². The van der Waals surface area contributed by atoms with Crippen LogP contribution in [0, 0.1) is 0 Å². The van der Waals surface area contributed by atoms with Crippen LogP contribution < -0.4 is 11.5 Å². The van der Waals surface area contributed by atoms with Crippen molar-refractivity contribution >= 4 is 33.4 Å². The van der Waals surface area contributed by atoms with Crippen molar-refractivity contribution in [2.75, 3.05) is 11.5 Å². The topological polar surface area (TPSA) is 93.6 Å². The minimum Gasteiger partial charge on any atom is -0.398 e. The molecule has 0 atom stereocenters. The Morgan fingerprint density at radius 1 is 0.857 bits per heavy atom. The normalized spacial score (nSPS) is 11.2. The lowest BCUT2D eigenvalue weighted by Gasteiger charge is -2.05. The number of pyridine rings is 1. The average Bonchev–Trinajstić information content (AvgIpc) is 2.89. The van der Waals surface area contributed by atoms with Crippen LogP contribution in [-0.4, -0.2) is 15.0 Å². The maximum absolute atomic E-state index is 6.17. The van der Waals surface area contributed by atoms with Gasteiger partial charge >= 0.3 is 0 Å². The van der Waals surface area contributed by atoms with E-state index >= 15 is 0 Å². The van der Waals surface area contributed by atoms with Gasteiger partial charge in [-0.15, -0.1) is 0 Å². The van der Waals surface area contributed by atoms with E-state index in [9.17, 15) is 0 Å². The third-order valence-corrected chi connectivity index (χ3v) is 3.54. The number of fused-ring (bicyclic) bond motifs is 2. The summed E-state index contributed by atoms with van der Waals surface area (Å²) in [7, 11) is 0. The van der Waals surface area contributed by atoms with Gasteiger partial charge in [-0.2, -0.15) is 0 Å². The van der Waals surface area contributed by atoms with Gasteiger partial charge in [0.2, 0.25) is 0 Å². The summed E-state index contributed by atoms with van der Waals surface area (Å²) >= 11 is 0.